The van der Waals surface area contributed by atoms with Gasteiger partial charge in [-0.3, -0.25) is 4.79 Å². The van der Waals surface area contributed by atoms with Crippen LogP contribution in [-0.4, -0.2) is 5.97 Å². The summed E-state index contributed by atoms with van der Waals surface area (Å²) in [5, 5.41) is 0. The van der Waals surface area contributed by atoms with Crippen molar-refractivity contribution in [2.75, 3.05) is 0 Å². The Hall–Kier alpha value is -0.310. The molecule has 1 aliphatic carbocycles. The number of esters is 1. The van der Waals surface area contributed by atoms with Gasteiger partial charge in [-0.1, -0.05) is 15.9 Å². The number of rotatable bonds is 2. The summed E-state index contributed by atoms with van der Waals surface area (Å²) in [7, 11) is 0. The van der Waals surface area contributed by atoms with Crippen molar-refractivity contribution in [3.63, 3.8) is 0 Å². The highest BCUT2D eigenvalue weighted by Gasteiger charge is 2.30. The Balaban J connectivity index is 2.18. The second kappa shape index (κ2) is 3.01. The van der Waals surface area contributed by atoms with Crippen molar-refractivity contribution >= 4 is 21.9 Å². The Morgan fingerprint density at radius 3 is 2.78 bits per heavy atom. The predicted molar refractivity (Wildman–Crippen MR) is 36.9 cm³/mol. The fourth-order valence-electron chi connectivity index (χ4n) is 0.508. The standard InChI is InChI=1S/C6H7BrO2/c7-3-4-9-6(8)5-1-2-5/h3-5H,1-2H2. The van der Waals surface area contributed by atoms with Gasteiger partial charge in [-0.15, -0.1) is 0 Å². The van der Waals surface area contributed by atoms with Gasteiger partial charge in [-0.05, 0) is 12.8 Å². The molecule has 1 rings (SSSR count). The molecule has 0 N–H and O–H groups in total. The number of carbonyl (C=O) groups is 1. The van der Waals surface area contributed by atoms with Gasteiger partial charge >= 0.3 is 5.97 Å². The molecule has 0 unspecified atom stereocenters. The zero-order valence-corrected chi connectivity index (χ0v) is 6.43. The molecule has 0 bridgehead atoms. The maximum Gasteiger partial charge on any atom is 0.313 e. The molecule has 0 aromatic rings. The molecule has 1 aliphatic rings. The monoisotopic (exact) mass is 190 g/mol. The number of carbonyl (C=O) groups excluding carboxylic acids is 1. The van der Waals surface area contributed by atoms with Crippen LogP contribution in [0.2, 0.25) is 0 Å². The minimum atomic E-state index is -0.106. The summed E-state index contributed by atoms with van der Waals surface area (Å²) in [5.41, 5.74) is 0. The van der Waals surface area contributed by atoms with Gasteiger partial charge in [-0.2, -0.15) is 0 Å². The third-order valence-corrected chi connectivity index (χ3v) is 1.36. The van der Waals surface area contributed by atoms with Crippen LogP contribution in [0, 0.1) is 5.92 Å². The molecule has 0 aliphatic heterocycles. The van der Waals surface area contributed by atoms with E-state index in [4.69, 9.17) is 0 Å². The lowest BCUT2D eigenvalue weighted by atomic mass is 10.4. The fourth-order valence-corrected chi connectivity index (χ4v) is 0.616. The van der Waals surface area contributed by atoms with E-state index in [2.05, 4.69) is 20.7 Å². The average molecular weight is 191 g/mol. The lowest BCUT2D eigenvalue weighted by molar-refractivity contribution is -0.139. The molecule has 0 aromatic carbocycles. The van der Waals surface area contributed by atoms with E-state index in [1.165, 1.54) is 11.2 Å². The Morgan fingerprint density at radius 2 is 2.33 bits per heavy atom. The van der Waals surface area contributed by atoms with E-state index in [9.17, 15) is 4.79 Å². The lowest BCUT2D eigenvalue weighted by Crippen LogP contribution is -2.00. The quantitative estimate of drug-likeness (QED) is 0.491. The summed E-state index contributed by atoms with van der Waals surface area (Å²) < 4.78 is 4.65. The van der Waals surface area contributed by atoms with Crippen LogP contribution in [0.4, 0.5) is 0 Å². The molecule has 0 radical (unpaired) electrons. The summed E-state index contributed by atoms with van der Waals surface area (Å²) in [5.74, 6) is 0.0828. The molecule has 0 spiro atoms. The van der Waals surface area contributed by atoms with Gasteiger partial charge in [0.15, 0.2) is 0 Å². The average Bonchev–Trinajstić information content (AvgIpc) is 2.63. The van der Waals surface area contributed by atoms with Crippen molar-refractivity contribution in [1.82, 2.24) is 0 Å². The first-order valence-electron chi connectivity index (χ1n) is 2.80. The number of hydrogen-bond acceptors (Lipinski definition) is 2. The smallest absolute Gasteiger partial charge is 0.313 e. The van der Waals surface area contributed by atoms with Crippen LogP contribution in [0.3, 0.4) is 0 Å². The van der Waals surface area contributed by atoms with Crippen LogP contribution in [0.1, 0.15) is 12.8 Å². The maximum absolute atomic E-state index is 10.7. The van der Waals surface area contributed by atoms with Crippen molar-refractivity contribution in [1.29, 1.82) is 0 Å². The zero-order valence-electron chi connectivity index (χ0n) is 4.84. The van der Waals surface area contributed by atoms with Crippen molar-refractivity contribution in [2.45, 2.75) is 12.8 Å². The molecule has 9 heavy (non-hydrogen) atoms. The number of hydrogen-bond donors (Lipinski definition) is 0. The van der Waals surface area contributed by atoms with E-state index in [0.717, 1.165) is 12.8 Å². The Labute approximate surface area is 62.0 Å². The van der Waals surface area contributed by atoms with Gasteiger partial charge in [0.1, 0.15) is 6.26 Å². The van der Waals surface area contributed by atoms with E-state index in [0.29, 0.717) is 0 Å². The third-order valence-electron chi connectivity index (χ3n) is 1.15. The van der Waals surface area contributed by atoms with E-state index in [1.807, 2.05) is 0 Å². The molecule has 1 fully saturated rings. The minimum Gasteiger partial charge on any atom is -0.434 e. The molecule has 50 valence electrons. The molecule has 0 atom stereocenters. The van der Waals surface area contributed by atoms with Crippen LogP contribution >= 0.6 is 15.9 Å². The summed E-state index contributed by atoms with van der Waals surface area (Å²) in [4.78, 5) is 12.2. The molecule has 2 nitrogen and oxygen atoms in total. The Kier molecular flexibility index (Phi) is 2.28. The number of halogens is 1. The fraction of sp³-hybridized carbons (Fsp3) is 0.500. The molecule has 0 saturated heterocycles. The largest absolute Gasteiger partial charge is 0.434 e. The van der Waals surface area contributed by atoms with E-state index in [-0.39, 0.29) is 11.9 Å². The summed E-state index contributed by atoms with van der Waals surface area (Å²) in [6, 6.07) is 0. The molecular weight excluding hydrogens is 184 g/mol. The molecular formula is C6H7BrO2. The molecule has 3 heteroatoms. The van der Waals surface area contributed by atoms with E-state index in [1.54, 1.807) is 0 Å². The maximum atomic E-state index is 10.7. The summed E-state index contributed by atoms with van der Waals surface area (Å²) >= 11 is 2.99. The van der Waals surface area contributed by atoms with Gasteiger partial charge in [0, 0.05) is 4.99 Å². The molecule has 1 saturated carbocycles. The van der Waals surface area contributed by atoms with Crippen LogP contribution in [0.25, 0.3) is 0 Å². The Morgan fingerprint density at radius 1 is 1.67 bits per heavy atom. The first-order valence-corrected chi connectivity index (χ1v) is 3.72. The molecule has 0 amide bonds. The highest BCUT2D eigenvalue weighted by molar-refractivity contribution is 9.11. The van der Waals surface area contributed by atoms with Crippen molar-refractivity contribution in [3.05, 3.63) is 11.2 Å². The second-order valence-corrected chi connectivity index (χ2v) is 2.50. The normalized spacial score (nSPS) is 18.3. The molecule has 0 aromatic heterocycles. The third kappa shape index (κ3) is 2.18. The van der Waals surface area contributed by atoms with Gasteiger partial charge < -0.3 is 4.74 Å². The van der Waals surface area contributed by atoms with E-state index < -0.39 is 0 Å². The number of ether oxygens (including phenoxy) is 1. The van der Waals surface area contributed by atoms with Crippen LogP contribution in [0.15, 0.2) is 11.2 Å². The van der Waals surface area contributed by atoms with Gasteiger partial charge in [-0.25, -0.2) is 0 Å². The topological polar surface area (TPSA) is 26.3 Å². The second-order valence-electron chi connectivity index (χ2n) is 1.97. The van der Waals surface area contributed by atoms with Crippen molar-refractivity contribution < 1.29 is 9.53 Å². The first-order chi connectivity index (χ1) is 4.34. The van der Waals surface area contributed by atoms with Crippen LogP contribution < -0.4 is 0 Å². The highest BCUT2D eigenvalue weighted by Crippen LogP contribution is 2.30. The van der Waals surface area contributed by atoms with Crippen LogP contribution in [-0.2, 0) is 9.53 Å². The van der Waals surface area contributed by atoms with Gasteiger partial charge in [0.25, 0.3) is 0 Å². The highest BCUT2D eigenvalue weighted by atomic mass is 79.9. The predicted octanol–water partition coefficient (Wildman–Crippen LogP) is 1.81. The van der Waals surface area contributed by atoms with Crippen molar-refractivity contribution in [3.8, 4) is 0 Å². The minimum absolute atomic E-state index is 0.106. The first kappa shape index (κ1) is 6.81. The zero-order chi connectivity index (χ0) is 6.69. The Bertz CT molecular complexity index is 138. The van der Waals surface area contributed by atoms with Gasteiger partial charge in [0.05, 0.1) is 5.92 Å². The lowest BCUT2D eigenvalue weighted by Gasteiger charge is -1.91. The van der Waals surface area contributed by atoms with Gasteiger partial charge in [0.2, 0.25) is 0 Å². The summed E-state index contributed by atoms with van der Waals surface area (Å²) in [6.45, 7) is 0. The molecule has 0 heterocycles. The summed E-state index contributed by atoms with van der Waals surface area (Å²) in [6.07, 6.45) is 3.34. The SMILES string of the molecule is O=C(OC=CBr)C1CC1. The van der Waals surface area contributed by atoms with Crippen molar-refractivity contribution in [2.24, 2.45) is 5.92 Å². The van der Waals surface area contributed by atoms with Crippen LogP contribution in [0.5, 0.6) is 0 Å². The van der Waals surface area contributed by atoms with E-state index >= 15 is 0 Å².